The molecule has 1 aromatic carbocycles. The minimum Gasteiger partial charge on any atom is -0.505 e. The number of pyridine rings is 1. The molecule has 0 spiro atoms. The topological polar surface area (TPSA) is 93.8 Å². The van der Waals surface area contributed by atoms with E-state index in [1.165, 1.54) is 16.8 Å². The lowest BCUT2D eigenvalue weighted by molar-refractivity contribution is -0.145. The van der Waals surface area contributed by atoms with Gasteiger partial charge in [0.15, 0.2) is 11.6 Å². The molecule has 194 valence electrons. The first-order valence-electron chi connectivity index (χ1n) is 11.4. The summed E-state index contributed by atoms with van der Waals surface area (Å²) in [5.74, 6) is -1.17. The summed E-state index contributed by atoms with van der Waals surface area (Å²) in [6, 6.07) is 4.78. The van der Waals surface area contributed by atoms with Crippen LogP contribution in [0.3, 0.4) is 0 Å². The third-order valence-electron chi connectivity index (χ3n) is 6.34. The van der Waals surface area contributed by atoms with Crippen LogP contribution in [0.4, 0.5) is 17.6 Å². The van der Waals surface area contributed by atoms with Crippen LogP contribution in [0.15, 0.2) is 41.6 Å². The summed E-state index contributed by atoms with van der Waals surface area (Å²) in [6.45, 7) is -0.895. The summed E-state index contributed by atoms with van der Waals surface area (Å²) in [4.78, 5) is 30.3. The molecule has 1 N–H and O–H groups in total. The van der Waals surface area contributed by atoms with Gasteiger partial charge in [0.05, 0.1) is 21.7 Å². The number of fused-ring (bicyclic) bond motifs is 3. The van der Waals surface area contributed by atoms with Gasteiger partial charge in [0.2, 0.25) is 5.82 Å². The van der Waals surface area contributed by atoms with Gasteiger partial charge in [0, 0.05) is 35.1 Å². The minimum atomic E-state index is -4.71. The molecule has 0 unspecified atom stereocenters. The highest BCUT2D eigenvalue weighted by Gasteiger charge is 2.34. The van der Waals surface area contributed by atoms with Gasteiger partial charge in [0.25, 0.3) is 5.56 Å². The standard InChI is InChI=1S/C25H16ClF4N5O2S/c26-16-4-3-14-17-22(38-20(14)19(16)36)34-21(18-15(13-1-2-13)5-11(6-27)7-31-18)35(23(17)37)10-12-8-32-24(33-9-12)25(28,29)30/h3-5,7-9,13,36H,1-2,6,10H2. The van der Waals surface area contributed by atoms with E-state index in [9.17, 15) is 27.5 Å². The maximum Gasteiger partial charge on any atom is 0.451 e. The Morgan fingerprint density at radius 2 is 1.82 bits per heavy atom. The van der Waals surface area contributed by atoms with Crippen LogP contribution >= 0.6 is 22.9 Å². The maximum atomic E-state index is 14.0. The van der Waals surface area contributed by atoms with Gasteiger partial charge >= 0.3 is 6.18 Å². The molecule has 5 aromatic rings. The molecule has 1 aliphatic rings. The molecular formula is C25H16ClF4N5O2S. The molecule has 1 aliphatic carbocycles. The van der Waals surface area contributed by atoms with E-state index in [-0.39, 0.29) is 40.0 Å². The van der Waals surface area contributed by atoms with Gasteiger partial charge in [-0.2, -0.15) is 13.2 Å². The lowest BCUT2D eigenvalue weighted by Gasteiger charge is -2.15. The Labute approximate surface area is 220 Å². The molecular weight excluding hydrogens is 546 g/mol. The highest BCUT2D eigenvalue weighted by molar-refractivity contribution is 7.25. The highest BCUT2D eigenvalue weighted by atomic mass is 35.5. The van der Waals surface area contributed by atoms with E-state index in [4.69, 9.17) is 16.6 Å². The van der Waals surface area contributed by atoms with Crippen LogP contribution < -0.4 is 5.56 Å². The first-order chi connectivity index (χ1) is 18.2. The van der Waals surface area contributed by atoms with Crippen LogP contribution in [-0.2, 0) is 19.4 Å². The molecule has 1 fully saturated rings. The average Bonchev–Trinajstić information content (AvgIpc) is 3.67. The summed E-state index contributed by atoms with van der Waals surface area (Å²) in [5, 5.41) is 11.3. The van der Waals surface area contributed by atoms with Crippen molar-refractivity contribution in [1.29, 1.82) is 0 Å². The SMILES string of the molecule is O=c1c2c(nc(-c3ncc(CF)cc3C3CC3)n1Cc1cnc(C(F)(F)F)nc1)sc1c(O)c(Cl)ccc12. The van der Waals surface area contributed by atoms with Crippen LogP contribution in [-0.4, -0.2) is 29.6 Å². The molecule has 4 aromatic heterocycles. The number of rotatable bonds is 5. The highest BCUT2D eigenvalue weighted by Crippen LogP contribution is 2.45. The van der Waals surface area contributed by atoms with E-state index in [0.717, 1.165) is 42.1 Å². The smallest absolute Gasteiger partial charge is 0.451 e. The quantitative estimate of drug-likeness (QED) is 0.255. The number of aromatic nitrogens is 5. The van der Waals surface area contributed by atoms with E-state index < -0.39 is 24.2 Å². The van der Waals surface area contributed by atoms with Crippen molar-refractivity contribution in [1.82, 2.24) is 24.5 Å². The van der Waals surface area contributed by atoms with Crippen molar-refractivity contribution < 1.29 is 22.7 Å². The van der Waals surface area contributed by atoms with Crippen molar-refractivity contribution in [3.63, 3.8) is 0 Å². The summed E-state index contributed by atoms with van der Waals surface area (Å²) >= 11 is 7.16. The second-order valence-electron chi connectivity index (χ2n) is 8.98. The third-order valence-corrected chi connectivity index (χ3v) is 7.75. The zero-order chi connectivity index (χ0) is 26.8. The molecule has 4 heterocycles. The van der Waals surface area contributed by atoms with Gasteiger partial charge in [-0.1, -0.05) is 17.7 Å². The monoisotopic (exact) mass is 561 g/mol. The van der Waals surface area contributed by atoms with Crippen LogP contribution in [0.2, 0.25) is 5.02 Å². The summed E-state index contributed by atoms with van der Waals surface area (Å²) < 4.78 is 54.0. The number of benzene rings is 1. The van der Waals surface area contributed by atoms with Gasteiger partial charge in [-0.05, 0) is 36.5 Å². The number of phenolic OH excluding ortho intramolecular Hbond substituents is 1. The molecule has 0 amide bonds. The second kappa shape index (κ2) is 8.98. The van der Waals surface area contributed by atoms with E-state index >= 15 is 0 Å². The Balaban J connectivity index is 1.61. The van der Waals surface area contributed by atoms with Crippen molar-refractivity contribution in [2.75, 3.05) is 0 Å². The zero-order valence-corrected chi connectivity index (χ0v) is 20.8. The van der Waals surface area contributed by atoms with Gasteiger partial charge in [-0.25, -0.2) is 19.3 Å². The molecule has 0 radical (unpaired) electrons. The number of alkyl halides is 4. The predicted molar refractivity (Wildman–Crippen MR) is 134 cm³/mol. The molecule has 0 bridgehead atoms. The van der Waals surface area contributed by atoms with Crippen molar-refractivity contribution >= 4 is 43.2 Å². The Morgan fingerprint density at radius 1 is 1.11 bits per heavy atom. The number of hydrogen-bond acceptors (Lipinski definition) is 7. The number of thiophene rings is 1. The molecule has 6 rings (SSSR count). The van der Waals surface area contributed by atoms with Crippen LogP contribution in [0, 0.1) is 0 Å². The van der Waals surface area contributed by atoms with E-state index in [1.54, 1.807) is 12.1 Å². The number of phenols is 1. The van der Waals surface area contributed by atoms with Crippen LogP contribution in [0.1, 0.15) is 41.3 Å². The maximum absolute atomic E-state index is 14.0. The molecule has 0 saturated heterocycles. The molecule has 13 heteroatoms. The van der Waals surface area contributed by atoms with E-state index in [0.29, 0.717) is 26.2 Å². The number of aromatic hydroxyl groups is 1. The van der Waals surface area contributed by atoms with Gasteiger partial charge in [0.1, 0.15) is 17.2 Å². The second-order valence-corrected chi connectivity index (χ2v) is 10.4. The fourth-order valence-corrected chi connectivity index (χ4v) is 5.69. The first kappa shape index (κ1) is 24.7. The molecule has 0 atom stereocenters. The molecule has 38 heavy (non-hydrogen) atoms. The number of nitrogens with zero attached hydrogens (tertiary/aromatic N) is 5. The van der Waals surface area contributed by atoms with Crippen LogP contribution in [0.5, 0.6) is 5.75 Å². The van der Waals surface area contributed by atoms with Crippen molar-refractivity contribution in [3.05, 3.63) is 74.7 Å². The number of hydrogen-bond donors (Lipinski definition) is 1. The fourth-order valence-electron chi connectivity index (χ4n) is 4.37. The van der Waals surface area contributed by atoms with Gasteiger partial charge in [-0.3, -0.25) is 14.3 Å². The van der Waals surface area contributed by atoms with Crippen molar-refractivity contribution in [3.8, 4) is 17.3 Å². The molecule has 0 aliphatic heterocycles. The van der Waals surface area contributed by atoms with Crippen molar-refractivity contribution in [2.45, 2.75) is 38.2 Å². The summed E-state index contributed by atoms with van der Waals surface area (Å²) in [6.07, 6.45) is 0.433. The fraction of sp³-hybridized carbons (Fsp3) is 0.240. The van der Waals surface area contributed by atoms with Crippen molar-refractivity contribution in [2.24, 2.45) is 0 Å². The first-order valence-corrected chi connectivity index (χ1v) is 12.6. The Kier molecular flexibility index (Phi) is 5.84. The summed E-state index contributed by atoms with van der Waals surface area (Å²) in [7, 11) is 0. The van der Waals surface area contributed by atoms with E-state index in [2.05, 4.69) is 15.0 Å². The van der Waals surface area contributed by atoms with E-state index in [1.807, 2.05) is 0 Å². The van der Waals surface area contributed by atoms with Gasteiger partial charge < -0.3 is 5.11 Å². The normalized spacial score (nSPS) is 14.0. The van der Waals surface area contributed by atoms with Crippen LogP contribution in [0.25, 0.3) is 31.8 Å². The Hall–Kier alpha value is -3.64. The predicted octanol–water partition coefficient (Wildman–Crippen LogP) is 6.24. The number of halogens is 5. The Bertz CT molecular complexity index is 1780. The summed E-state index contributed by atoms with van der Waals surface area (Å²) in [5.41, 5.74) is 1.27. The lowest BCUT2D eigenvalue weighted by atomic mass is 10.1. The van der Waals surface area contributed by atoms with Gasteiger partial charge in [-0.15, -0.1) is 11.3 Å². The Morgan fingerprint density at radius 3 is 2.47 bits per heavy atom. The third kappa shape index (κ3) is 4.17. The zero-order valence-electron chi connectivity index (χ0n) is 19.3. The largest absolute Gasteiger partial charge is 0.505 e. The minimum absolute atomic E-state index is 0.117. The molecule has 7 nitrogen and oxygen atoms in total. The lowest BCUT2D eigenvalue weighted by Crippen LogP contribution is -2.25. The molecule has 1 saturated carbocycles. The average molecular weight is 562 g/mol.